The van der Waals surface area contributed by atoms with Crippen LogP contribution < -0.4 is 4.74 Å². The maximum atomic E-state index is 11.6. The summed E-state index contributed by atoms with van der Waals surface area (Å²) in [4.78, 5) is 13.0. The van der Waals surface area contributed by atoms with Gasteiger partial charge >= 0.3 is 12.0 Å². The number of benzene rings is 2. The topological polar surface area (TPSA) is 110 Å². The highest BCUT2D eigenvalue weighted by atomic mass is 35.5. The second-order valence-corrected chi connectivity index (χ2v) is 7.05. The van der Waals surface area contributed by atoms with Gasteiger partial charge in [-0.05, 0) is 42.5 Å². The first-order chi connectivity index (χ1) is 15.0. The van der Waals surface area contributed by atoms with Crippen molar-refractivity contribution in [3.8, 4) is 23.1 Å². The van der Waals surface area contributed by atoms with Crippen molar-refractivity contribution in [2.75, 3.05) is 7.11 Å². The van der Waals surface area contributed by atoms with Crippen molar-refractivity contribution in [2.24, 2.45) is 7.05 Å². The molecule has 0 fully saturated rings. The van der Waals surface area contributed by atoms with Crippen molar-refractivity contribution in [1.29, 1.82) is 0 Å². The molecule has 158 valence electrons. The molecule has 2 aromatic heterocycles. The van der Waals surface area contributed by atoms with E-state index in [9.17, 15) is 4.79 Å². The van der Waals surface area contributed by atoms with Crippen LogP contribution in [-0.4, -0.2) is 48.1 Å². The van der Waals surface area contributed by atoms with Crippen LogP contribution in [-0.2, 0) is 11.8 Å². The maximum Gasteiger partial charge on any atom is 0.337 e. The van der Waals surface area contributed by atoms with Crippen LogP contribution in [0.1, 0.15) is 29.2 Å². The fourth-order valence-corrected chi connectivity index (χ4v) is 3.04. The fourth-order valence-electron chi connectivity index (χ4n) is 2.85. The van der Waals surface area contributed by atoms with E-state index in [0.29, 0.717) is 33.9 Å². The van der Waals surface area contributed by atoms with Gasteiger partial charge in [0.1, 0.15) is 0 Å². The molecule has 4 aromatic rings. The lowest BCUT2D eigenvalue weighted by Crippen LogP contribution is -2.09. The van der Waals surface area contributed by atoms with E-state index in [1.54, 1.807) is 61.0 Å². The van der Waals surface area contributed by atoms with Crippen molar-refractivity contribution in [3.63, 3.8) is 0 Å². The van der Waals surface area contributed by atoms with E-state index in [0.717, 1.165) is 5.56 Å². The van der Waals surface area contributed by atoms with Crippen molar-refractivity contribution < 1.29 is 14.3 Å². The van der Waals surface area contributed by atoms with Crippen LogP contribution in [0.2, 0.25) is 5.02 Å². The molecule has 0 spiro atoms. The van der Waals surface area contributed by atoms with Gasteiger partial charge in [0.05, 0.1) is 18.4 Å². The molecule has 11 heteroatoms. The van der Waals surface area contributed by atoms with E-state index in [-0.39, 0.29) is 0 Å². The number of rotatable bonds is 6. The zero-order valence-corrected chi connectivity index (χ0v) is 17.7. The van der Waals surface area contributed by atoms with Gasteiger partial charge in [-0.25, -0.2) is 4.79 Å². The van der Waals surface area contributed by atoms with Crippen LogP contribution >= 0.6 is 11.6 Å². The number of carbonyl (C=O) groups is 1. The van der Waals surface area contributed by atoms with E-state index < -0.39 is 12.1 Å². The Labute approximate surface area is 182 Å². The number of hydrogen-bond donors (Lipinski definition) is 0. The molecule has 1 atom stereocenters. The molecule has 31 heavy (non-hydrogen) atoms. The third-order valence-electron chi connectivity index (χ3n) is 4.51. The van der Waals surface area contributed by atoms with Gasteiger partial charge in [-0.15, -0.1) is 20.1 Å². The average molecular weight is 440 g/mol. The number of tetrazole rings is 1. The van der Waals surface area contributed by atoms with Crippen molar-refractivity contribution in [1.82, 2.24) is 35.0 Å². The molecule has 2 aromatic carbocycles. The number of aromatic nitrogens is 7. The first-order valence-corrected chi connectivity index (χ1v) is 9.64. The molecule has 4 rings (SSSR count). The normalized spacial score (nSPS) is 11.9. The van der Waals surface area contributed by atoms with Crippen LogP contribution in [0.15, 0.2) is 48.5 Å². The van der Waals surface area contributed by atoms with Crippen LogP contribution in [0, 0.1) is 0 Å². The molecule has 10 nitrogen and oxygen atoms in total. The van der Waals surface area contributed by atoms with Gasteiger partial charge in [0.15, 0.2) is 11.9 Å². The molecule has 0 aliphatic heterocycles. The summed E-state index contributed by atoms with van der Waals surface area (Å²) in [7, 11) is 3.12. The van der Waals surface area contributed by atoms with E-state index >= 15 is 0 Å². The summed E-state index contributed by atoms with van der Waals surface area (Å²) in [6.45, 7) is 1.79. The molecule has 0 amide bonds. The monoisotopic (exact) mass is 439 g/mol. The summed E-state index contributed by atoms with van der Waals surface area (Å²) in [5.41, 5.74) is 1.91. The van der Waals surface area contributed by atoms with Crippen LogP contribution in [0.5, 0.6) is 6.01 Å². The first-order valence-electron chi connectivity index (χ1n) is 9.27. The maximum absolute atomic E-state index is 11.6. The molecular weight excluding hydrogens is 422 g/mol. The minimum absolute atomic E-state index is 0.290. The van der Waals surface area contributed by atoms with E-state index in [4.69, 9.17) is 21.1 Å². The van der Waals surface area contributed by atoms with Crippen LogP contribution in [0.25, 0.3) is 17.1 Å². The zero-order chi connectivity index (χ0) is 22.0. The molecule has 0 unspecified atom stereocenters. The fraction of sp³-hybridized carbons (Fsp3) is 0.200. The molecule has 0 saturated heterocycles. The lowest BCUT2D eigenvalue weighted by atomic mass is 10.1. The van der Waals surface area contributed by atoms with Gasteiger partial charge in [0.25, 0.3) is 0 Å². The molecule has 0 N–H and O–H groups in total. The Morgan fingerprint density at radius 2 is 1.87 bits per heavy atom. The summed E-state index contributed by atoms with van der Waals surface area (Å²) >= 11 is 6.02. The molecule has 2 heterocycles. The summed E-state index contributed by atoms with van der Waals surface area (Å²) in [6.07, 6.45) is -0.523. The third-order valence-corrected chi connectivity index (χ3v) is 4.75. The largest absolute Gasteiger partial charge is 0.465 e. The van der Waals surface area contributed by atoms with Crippen molar-refractivity contribution in [2.45, 2.75) is 13.0 Å². The zero-order valence-electron chi connectivity index (χ0n) is 16.9. The first kappa shape index (κ1) is 20.5. The second-order valence-electron chi connectivity index (χ2n) is 6.61. The Kier molecular flexibility index (Phi) is 5.63. The molecule has 0 bridgehead atoms. The van der Waals surface area contributed by atoms with Crippen LogP contribution in [0.3, 0.4) is 0 Å². The van der Waals surface area contributed by atoms with Gasteiger partial charge in [0.2, 0.25) is 5.82 Å². The summed E-state index contributed by atoms with van der Waals surface area (Å²) in [6, 6.07) is 14.3. The highest BCUT2D eigenvalue weighted by molar-refractivity contribution is 6.30. The van der Waals surface area contributed by atoms with Gasteiger partial charge in [-0.2, -0.15) is 0 Å². The quantitative estimate of drug-likeness (QED) is 0.421. The highest BCUT2D eigenvalue weighted by Gasteiger charge is 2.19. The van der Waals surface area contributed by atoms with Crippen LogP contribution in [0.4, 0.5) is 0 Å². The summed E-state index contributed by atoms with van der Waals surface area (Å²) in [5, 5.41) is 21.3. The lowest BCUT2D eigenvalue weighted by molar-refractivity contribution is 0.0600. The van der Waals surface area contributed by atoms with Crippen molar-refractivity contribution >= 4 is 17.6 Å². The van der Waals surface area contributed by atoms with Gasteiger partial charge in [-0.1, -0.05) is 34.9 Å². The van der Waals surface area contributed by atoms with E-state index in [2.05, 4.69) is 25.6 Å². The minimum Gasteiger partial charge on any atom is -0.465 e. The number of methoxy groups -OCH3 is 1. The summed E-state index contributed by atoms with van der Waals surface area (Å²) < 4.78 is 12.3. The Hall–Kier alpha value is -3.79. The number of nitrogens with zero attached hydrogens (tertiary/aromatic N) is 7. The molecule has 0 aliphatic rings. The third kappa shape index (κ3) is 4.24. The number of carbonyl (C=O) groups excluding carboxylic acids is 1. The molecule has 0 radical (unpaired) electrons. The summed E-state index contributed by atoms with van der Waals surface area (Å²) in [5.74, 6) is 0.557. The Morgan fingerprint density at radius 1 is 1.10 bits per heavy atom. The van der Waals surface area contributed by atoms with E-state index in [1.807, 2.05) is 6.07 Å². The predicted molar refractivity (Wildman–Crippen MR) is 111 cm³/mol. The van der Waals surface area contributed by atoms with Gasteiger partial charge in [-0.3, -0.25) is 4.57 Å². The molecular formula is C20H18ClN7O3. The lowest BCUT2D eigenvalue weighted by Gasteiger charge is -2.10. The highest BCUT2D eigenvalue weighted by Crippen LogP contribution is 2.24. The van der Waals surface area contributed by atoms with Gasteiger partial charge < -0.3 is 9.47 Å². The Bertz CT molecular complexity index is 1220. The van der Waals surface area contributed by atoms with E-state index in [1.165, 1.54) is 11.9 Å². The predicted octanol–water partition coefficient (Wildman–Crippen LogP) is 3.04. The minimum atomic E-state index is -0.523. The Morgan fingerprint density at radius 3 is 2.58 bits per heavy atom. The smallest absolute Gasteiger partial charge is 0.337 e. The van der Waals surface area contributed by atoms with Crippen molar-refractivity contribution in [3.05, 3.63) is 64.9 Å². The molecule has 0 saturated carbocycles. The standard InChI is InChI=1S/C20H18ClN7O3/c1-12(17-22-26-28(25-17)16-6-4-5-15(21)11-16)31-20-24-23-18(27(20)2)13-7-9-14(10-8-13)19(29)30-3/h4-12H,1-3H3/t12-/m1/s1. The van der Waals surface area contributed by atoms with Gasteiger partial charge in [0, 0.05) is 17.6 Å². The number of hydrogen-bond acceptors (Lipinski definition) is 8. The molecule has 0 aliphatic carbocycles. The number of ether oxygens (including phenoxy) is 2. The second kappa shape index (κ2) is 8.52. The number of halogens is 1. The number of esters is 1. The Balaban J connectivity index is 1.50. The SMILES string of the molecule is COC(=O)c1ccc(-c2nnc(O[C@H](C)c3nnn(-c4cccc(Cl)c4)n3)n2C)cc1. The average Bonchev–Trinajstić information content (AvgIpc) is 3.41.